The van der Waals surface area contributed by atoms with Crippen LogP contribution >= 0.6 is 0 Å². The summed E-state index contributed by atoms with van der Waals surface area (Å²) in [5.41, 5.74) is 15.2. The van der Waals surface area contributed by atoms with E-state index in [0.29, 0.717) is 27.5 Å². The van der Waals surface area contributed by atoms with Gasteiger partial charge in [0.1, 0.15) is 22.3 Å². The maximum absolute atomic E-state index is 12.7. The van der Waals surface area contributed by atoms with Crippen molar-refractivity contribution in [1.29, 1.82) is 0 Å². The molecule has 0 atom stereocenters. The Bertz CT molecular complexity index is 1310. The number of ether oxygens (including phenoxy) is 2. The molecule has 0 amide bonds. The summed E-state index contributed by atoms with van der Waals surface area (Å²) in [6.07, 6.45) is 0. The van der Waals surface area contributed by atoms with Gasteiger partial charge in [-0.05, 0) is 32.4 Å². The van der Waals surface area contributed by atoms with Crippen LogP contribution < -0.4 is 11.5 Å². The molecule has 0 spiro atoms. The molecule has 0 saturated heterocycles. The first kappa shape index (κ1) is 20.3. The molecule has 2 aromatic heterocycles. The minimum Gasteiger partial charge on any atom is -0.462 e. The highest BCUT2D eigenvalue weighted by Gasteiger charge is 2.30. The number of rotatable bonds is 5. The summed E-state index contributed by atoms with van der Waals surface area (Å²) >= 11 is 0. The molecule has 0 aliphatic carbocycles. The third-order valence-corrected chi connectivity index (χ3v) is 4.99. The molecule has 0 radical (unpaired) electrons. The van der Waals surface area contributed by atoms with Gasteiger partial charge in [-0.1, -0.05) is 29.8 Å². The average molecular weight is 422 g/mol. The Morgan fingerprint density at radius 2 is 1.48 bits per heavy atom. The first-order chi connectivity index (χ1) is 14.9. The van der Waals surface area contributed by atoms with Crippen molar-refractivity contribution in [1.82, 2.24) is 0 Å². The maximum Gasteiger partial charge on any atom is 0.344 e. The van der Waals surface area contributed by atoms with Crippen molar-refractivity contribution in [2.24, 2.45) is 0 Å². The van der Waals surface area contributed by atoms with Crippen LogP contribution in [0.25, 0.3) is 33.1 Å². The molecule has 8 nitrogen and oxygen atoms in total. The van der Waals surface area contributed by atoms with Crippen LogP contribution in [0.1, 0.15) is 40.1 Å². The van der Waals surface area contributed by atoms with Gasteiger partial charge in [-0.2, -0.15) is 0 Å². The number of hydrogen-bond acceptors (Lipinski definition) is 8. The van der Waals surface area contributed by atoms with Crippen LogP contribution in [-0.4, -0.2) is 25.2 Å². The van der Waals surface area contributed by atoms with Gasteiger partial charge in [0.2, 0.25) is 11.8 Å². The van der Waals surface area contributed by atoms with E-state index in [2.05, 4.69) is 0 Å². The van der Waals surface area contributed by atoms with Crippen LogP contribution in [0.4, 0.5) is 11.8 Å². The Kier molecular flexibility index (Phi) is 5.06. The van der Waals surface area contributed by atoms with E-state index >= 15 is 0 Å². The molecular formula is C23H22N2O6. The minimum absolute atomic E-state index is 0.0832. The van der Waals surface area contributed by atoms with E-state index in [1.165, 1.54) is 0 Å². The molecule has 4 rings (SSSR count). The normalized spacial score (nSPS) is 11.2. The van der Waals surface area contributed by atoms with Crippen molar-refractivity contribution in [3.63, 3.8) is 0 Å². The molecule has 8 heteroatoms. The highest BCUT2D eigenvalue weighted by Crippen LogP contribution is 2.44. The fraction of sp³-hybridized carbons (Fsp3) is 0.217. The second kappa shape index (κ2) is 7.71. The lowest BCUT2D eigenvalue weighted by Crippen LogP contribution is -2.07. The molecule has 31 heavy (non-hydrogen) atoms. The molecule has 0 fully saturated rings. The first-order valence-corrected chi connectivity index (χ1v) is 9.85. The van der Waals surface area contributed by atoms with Crippen molar-refractivity contribution >= 4 is 45.6 Å². The van der Waals surface area contributed by atoms with E-state index in [1.54, 1.807) is 19.9 Å². The number of nitrogen functional groups attached to an aromatic ring is 2. The number of fused-ring (bicyclic) bond motifs is 2. The summed E-state index contributed by atoms with van der Waals surface area (Å²) in [6.45, 7) is 5.72. The number of hydrogen-bond donors (Lipinski definition) is 2. The van der Waals surface area contributed by atoms with Gasteiger partial charge in [0.15, 0.2) is 0 Å². The Labute approximate surface area is 177 Å². The average Bonchev–Trinajstić information content (AvgIpc) is 3.22. The van der Waals surface area contributed by atoms with Crippen LogP contribution in [0.15, 0.2) is 39.2 Å². The number of carbonyl (C=O) groups is 2. The van der Waals surface area contributed by atoms with Crippen molar-refractivity contribution < 1.29 is 27.9 Å². The molecular weight excluding hydrogens is 400 g/mol. The van der Waals surface area contributed by atoms with Gasteiger partial charge in [0.25, 0.3) is 0 Å². The Morgan fingerprint density at radius 3 is 2.10 bits per heavy atom. The van der Waals surface area contributed by atoms with Crippen molar-refractivity contribution in [3.8, 4) is 11.1 Å². The number of nitrogens with two attached hydrogens (primary N) is 2. The number of furan rings is 2. The zero-order valence-electron chi connectivity index (χ0n) is 17.4. The Morgan fingerprint density at radius 1 is 0.903 bits per heavy atom. The zero-order valence-corrected chi connectivity index (χ0v) is 17.4. The lowest BCUT2D eigenvalue weighted by molar-refractivity contribution is 0.0519. The predicted molar refractivity (Wildman–Crippen MR) is 117 cm³/mol. The van der Waals surface area contributed by atoms with Crippen molar-refractivity contribution in [2.75, 3.05) is 24.7 Å². The molecule has 0 unspecified atom stereocenters. The van der Waals surface area contributed by atoms with Gasteiger partial charge in [0, 0.05) is 16.3 Å². The second-order valence-electron chi connectivity index (χ2n) is 6.99. The van der Waals surface area contributed by atoms with E-state index in [1.807, 2.05) is 31.2 Å². The maximum atomic E-state index is 12.7. The van der Waals surface area contributed by atoms with Crippen molar-refractivity contribution in [3.05, 3.63) is 47.0 Å². The first-order valence-electron chi connectivity index (χ1n) is 9.85. The van der Waals surface area contributed by atoms with E-state index in [0.717, 1.165) is 11.1 Å². The predicted octanol–water partition coefficient (Wildman–Crippen LogP) is 4.67. The minimum atomic E-state index is -0.614. The number of carbonyl (C=O) groups excluding carboxylic acids is 2. The fourth-order valence-corrected chi connectivity index (χ4v) is 3.66. The lowest BCUT2D eigenvalue weighted by atomic mass is 9.95. The van der Waals surface area contributed by atoms with Crippen LogP contribution in [0.3, 0.4) is 0 Å². The number of aryl methyl sites for hydroxylation is 1. The second-order valence-corrected chi connectivity index (χ2v) is 6.99. The largest absolute Gasteiger partial charge is 0.462 e. The summed E-state index contributed by atoms with van der Waals surface area (Å²) in [7, 11) is 0. The highest BCUT2D eigenvalue weighted by atomic mass is 16.5. The smallest absolute Gasteiger partial charge is 0.344 e. The quantitative estimate of drug-likeness (QED) is 0.444. The van der Waals surface area contributed by atoms with Gasteiger partial charge in [-0.25, -0.2) is 9.59 Å². The zero-order chi connectivity index (χ0) is 22.3. The standard InChI is InChI=1S/C23H22N2O6/c1-4-28-22(26)16-13-10-14-17(18(21(25)30-14)23(27)29-5-2)15(19(13)31-20(16)24)12-8-6-11(3)7-9-12/h6-10H,4-5,24-25H2,1-3H3. The van der Waals surface area contributed by atoms with Crippen LogP contribution in [0, 0.1) is 6.92 Å². The molecule has 0 aliphatic heterocycles. The fourth-order valence-electron chi connectivity index (χ4n) is 3.66. The Hall–Kier alpha value is -3.94. The summed E-state index contributed by atoms with van der Waals surface area (Å²) < 4.78 is 21.9. The summed E-state index contributed by atoms with van der Waals surface area (Å²) in [6, 6.07) is 9.18. The third-order valence-electron chi connectivity index (χ3n) is 4.99. The van der Waals surface area contributed by atoms with Gasteiger partial charge in [-0.15, -0.1) is 0 Å². The highest BCUT2D eigenvalue weighted by molar-refractivity contribution is 6.22. The molecule has 2 heterocycles. The van der Waals surface area contributed by atoms with Crippen molar-refractivity contribution in [2.45, 2.75) is 20.8 Å². The Balaban J connectivity index is 2.15. The molecule has 0 bridgehead atoms. The molecule has 0 aliphatic rings. The van der Waals surface area contributed by atoms with E-state index in [9.17, 15) is 9.59 Å². The number of esters is 2. The molecule has 0 saturated carbocycles. The van der Waals surface area contributed by atoms with E-state index < -0.39 is 11.9 Å². The monoisotopic (exact) mass is 422 g/mol. The summed E-state index contributed by atoms with van der Waals surface area (Å²) in [5.74, 6) is -1.39. The SMILES string of the molecule is CCOC(=O)c1c(N)oc2c(-c3ccc(C)cc3)c3c(C(=O)OCC)c(N)oc3cc12. The van der Waals surface area contributed by atoms with Crippen LogP contribution in [0.2, 0.25) is 0 Å². The molecule has 4 aromatic rings. The van der Waals surface area contributed by atoms with Gasteiger partial charge in [0.05, 0.1) is 13.2 Å². The van der Waals surface area contributed by atoms with Gasteiger partial charge < -0.3 is 29.8 Å². The van der Waals surface area contributed by atoms with Gasteiger partial charge in [-0.3, -0.25) is 0 Å². The van der Waals surface area contributed by atoms with Crippen LogP contribution in [-0.2, 0) is 9.47 Å². The number of benzene rings is 2. The summed E-state index contributed by atoms with van der Waals surface area (Å²) in [5, 5.41) is 0.833. The topological polar surface area (TPSA) is 131 Å². The molecule has 160 valence electrons. The van der Waals surface area contributed by atoms with Gasteiger partial charge >= 0.3 is 11.9 Å². The van der Waals surface area contributed by atoms with E-state index in [4.69, 9.17) is 29.8 Å². The molecule has 2 aromatic carbocycles. The third kappa shape index (κ3) is 3.26. The molecule has 4 N–H and O–H groups in total. The lowest BCUT2D eigenvalue weighted by Gasteiger charge is -2.08. The summed E-state index contributed by atoms with van der Waals surface area (Å²) in [4.78, 5) is 25.2. The van der Waals surface area contributed by atoms with E-state index in [-0.39, 0.29) is 36.1 Å². The van der Waals surface area contributed by atoms with Crippen LogP contribution in [0.5, 0.6) is 0 Å². The number of anilines is 2.